The Kier molecular flexibility index (Phi) is 7.07. The van der Waals surface area contributed by atoms with Gasteiger partial charge in [0.2, 0.25) is 0 Å². The maximum atomic E-state index is 9.76. The van der Waals surface area contributed by atoms with E-state index >= 15 is 0 Å². The van der Waals surface area contributed by atoms with Gasteiger partial charge in [-0.3, -0.25) is 4.79 Å². The quantitative estimate of drug-likeness (QED) is 0.754. The molecule has 0 radical (unpaired) electrons. The summed E-state index contributed by atoms with van der Waals surface area (Å²) in [6.45, 7) is 3.46. The molecule has 1 aromatic rings. The molecule has 0 aromatic heterocycles. The Labute approximate surface area is 103 Å². The van der Waals surface area contributed by atoms with Gasteiger partial charge in [0.1, 0.15) is 6.61 Å². The van der Waals surface area contributed by atoms with E-state index in [0.29, 0.717) is 13.1 Å². The molecule has 2 rings (SSSR count). The number of piperidine rings is 1. The Morgan fingerprint density at radius 3 is 2.29 bits per heavy atom. The van der Waals surface area contributed by atoms with E-state index < -0.39 is 0 Å². The molecule has 3 heteroatoms. The Bertz CT molecular complexity index is 294. The number of hydrogen-bond acceptors (Lipinski definition) is 3. The summed E-state index contributed by atoms with van der Waals surface area (Å²) < 4.78 is 4.54. The first kappa shape index (κ1) is 13.7. The molecule has 0 spiro atoms. The second-order valence-electron chi connectivity index (χ2n) is 4.26. The van der Waals surface area contributed by atoms with Crippen LogP contribution in [0, 0.1) is 0 Å². The van der Waals surface area contributed by atoms with E-state index in [1.807, 2.05) is 30.3 Å². The molecule has 0 unspecified atom stereocenters. The third-order valence-electron chi connectivity index (χ3n) is 2.74. The van der Waals surface area contributed by atoms with Crippen molar-refractivity contribution in [2.75, 3.05) is 20.1 Å². The van der Waals surface area contributed by atoms with Crippen molar-refractivity contribution in [3.8, 4) is 0 Å². The van der Waals surface area contributed by atoms with E-state index in [1.54, 1.807) is 0 Å². The number of likely N-dealkylation sites (tertiary alicyclic amines) is 1. The van der Waals surface area contributed by atoms with Gasteiger partial charge in [-0.05, 0) is 38.5 Å². The van der Waals surface area contributed by atoms with E-state index in [2.05, 4.69) is 16.7 Å². The van der Waals surface area contributed by atoms with Crippen molar-refractivity contribution in [2.45, 2.75) is 25.9 Å². The van der Waals surface area contributed by atoms with Crippen LogP contribution in [0.1, 0.15) is 24.8 Å². The molecule has 1 heterocycles. The molecule has 17 heavy (non-hydrogen) atoms. The van der Waals surface area contributed by atoms with Crippen LogP contribution < -0.4 is 0 Å². The van der Waals surface area contributed by atoms with Crippen LogP contribution in [0.5, 0.6) is 0 Å². The van der Waals surface area contributed by atoms with E-state index in [-0.39, 0.29) is 0 Å². The molecule has 0 aliphatic carbocycles. The summed E-state index contributed by atoms with van der Waals surface area (Å²) in [6, 6.07) is 9.55. The number of hydrogen-bond donors (Lipinski definition) is 0. The topological polar surface area (TPSA) is 29.5 Å². The summed E-state index contributed by atoms with van der Waals surface area (Å²) in [7, 11) is 2.19. The zero-order valence-electron chi connectivity index (χ0n) is 10.5. The van der Waals surface area contributed by atoms with Gasteiger partial charge in [-0.1, -0.05) is 36.8 Å². The molecule has 1 aliphatic rings. The highest BCUT2D eigenvalue weighted by molar-refractivity contribution is 5.37. The van der Waals surface area contributed by atoms with Gasteiger partial charge in [-0.25, -0.2) is 0 Å². The molecule has 1 aliphatic heterocycles. The molecular formula is C14H21NO2. The Balaban J connectivity index is 0.000000181. The molecule has 0 amide bonds. The van der Waals surface area contributed by atoms with Crippen molar-refractivity contribution < 1.29 is 9.53 Å². The molecule has 1 fully saturated rings. The van der Waals surface area contributed by atoms with Crippen molar-refractivity contribution in [1.82, 2.24) is 4.90 Å². The smallest absolute Gasteiger partial charge is 0.293 e. The van der Waals surface area contributed by atoms with Crippen molar-refractivity contribution in [3.05, 3.63) is 35.9 Å². The maximum Gasteiger partial charge on any atom is 0.293 e. The molecular weight excluding hydrogens is 214 g/mol. The molecule has 1 aromatic carbocycles. The van der Waals surface area contributed by atoms with Gasteiger partial charge in [-0.15, -0.1) is 0 Å². The monoisotopic (exact) mass is 235 g/mol. The average Bonchev–Trinajstić information content (AvgIpc) is 2.39. The van der Waals surface area contributed by atoms with Gasteiger partial charge in [0.15, 0.2) is 0 Å². The zero-order chi connectivity index (χ0) is 12.3. The summed E-state index contributed by atoms with van der Waals surface area (Å²) in [5, 5.41) is 0. The van der Waals surface area contributed by atoms with Gasteiger partial charge in [0.25, 0.3) is 6.47 Å². The number of nitrogens with zero attached hydrogens (tertiary/aromatic N) is 1. The zero-order valence-corrected chi connectivity index (χ0v) is 10.5. The molecule has 0 N–H and O–H groups in total. The fourth-order valence-corrected chi connectivity index (χ4v) is 1.76. The first-order valence-electron chi connectivity index (χ1n) is 6.10. The van der Waals surface area contributed by atoms with Crippen molar-refractivity contribution in [3.63, 3.8) is 0 Å². The predicted molar refractivity (Wildman–Crippen MR) is 68.6 cm³/mol. The van der Waals surface area contributed by atoms with Crippen LogP contribution in [-0.4, -0.2) is 31.5 Å². The largest absolute Gasteiger partial charge is 0.463 e. The summed E-state index contributed by atoms with van der Waals surface area (Å²) in [4.78, 5) is 12.1. The molecule has 0 saturated carbocycles. The van der Waals surface area contributed by atoms with Gasteiger partial charge < -0.3 is 9.64 Å². The van der Waals surface area contributed by atoms with Gasteiger partial charge in [-0.2, -0.15) is 0 Å². The molecule has 0 atom stereocenters. The van der Waals surface area contributed by atoms with Gasteiger partial charge >= 0.3 is 0 Å². The van der Waals surface area contributed by atoms with E-state index in [0.717, 1.165) is 5.56 Å². The molecule has 1 saturated heterocycles. The lowest BCUT2D eigenvalue weighted by molar-refractivity contribution is -0.129. The second kappa shape index (κ2) is 8.76. The first-order valence-corrected chi connectivity index (χ1v) is 6.10. The van der Waals surface area contributed by atoms with Crippen LogP contribution in [0.4, 0.5) is 0 Å². The lowest BCUT2D eigenvalue weighted by Crippen LogP contribution is -2.24. The molecule has 3 nitrogen and oxygen atoms in total. The van der Waals surface area contributed by atoms with Crippen LogP contribution in [0.25, 0.3) is 0 Å². The van der Waals surface area contributed by atoms with Gasteiger partial charge in [0.05, 0.1) is 0 Å². The minimum absolute atomic E-state index is 0.365. The van der Waals surface area contributed by atoms with Crippen LogP contribution >= 0.6 is 0 Å². The van der Waals surface area contributed by atoms with Crippen molar-refractivity contribution in [2.24, 2.45) is 0 Å². The van der Waals surface area contributed by atoms with Crippen LogP contribution in [-0.2, 0) is 16.1 Å². The predicted octanol–water partition coefficient (Wildman–Crippen LogP) is 2.46. The fourth-order valence-electron chi connectivity index (χ4n) is 1.76. The minimum atomic E-state index is 0.365. The Morgan fingerprint density at radius 1 is 1.18 bits per heavy atom. The highest BCUT2D eigenvalue weighted by Gasteiger charge is 2.02. The number of carbonyl (C=O) groups excluding carboxylic acids is 1. The Morgan fingerprint density at radius 2 is 1.82 bits per heavy atom. The molecule has 94 valence electrons. The van der Waals surface area contributed by atoms with Crippen LogP contribution in [0.15, 0.2) is 30.3 Å². The fraction of sp³-hybridized carbons (Fsp3) is 0.500. The maximum absolute atomic E-state index is 9.76. The highest BCUT2D eigenvalue weighted by atomic mass is 16.5. The summed E-state index contributed by atoms with van der Waals surface area (Å²) in [5.74, 6) is 0. The van der Waals surface area contributed by atoms with Gasteiger partial charge in [0, 0.05) is 0 Å². The van der Waals surface area contributed by atoms with Crippen LogP contribution in [0.3, 0.4) is 0 Å². The number of carbonyl (C=O) groups is 1. The average molecular weight is 235 g/mol. The van der Waals surface area contributed by atoms with E-state index in [1.165, 1.54) is 32.4 Å². The number of ether oxygens (including phenoxy) is 1. The SMILES string of the molecule is CN1CCCCC1.O=COCc1ccccc1. The second-order valence-corrected chi connectivity index (χ2v) is 4.26. The van der Waals surface area contributed by atoms with E-state index in [9.17, 15) is 4.79 Å². The summed E-state index contributed by atoms with van der Waals surface area (Å²) >= 11 is 0. The number of benzene rings is 1. The highest BCUT2D eigenvalue weighted by Crippen LogP contribution is 2.04. The normalized spacial score (nSPS) is 15.6. The lowest BCUT2D eigenvalue weighted by Gasteiger charge is -2.20. The van der Waals surface area contributed by atoms with Crippen molar-refractivity contribution in [1.29, 1.82) is 0 Å². The van der Waals surface area contributed by atoms with E-state index in [4.69, 9.17) is 0 Å². The van der Waals surface area contributed by atoms with Crippen molar-refractivity contribution >= 4 is 6.47 Å². The third-order valence-corrected chi connectivity index (χ3v) is 2.74. The summed E-state index contributed by atoms with van der Waals surface area (Å²) in [6.07, 6.45) is 4.28. The summed E-state index contributed by atoms with van der Waals surface area (Å²) in [5.41, 5.74) is 1.01. The number of rotatable bonds is 3. The third kappa shape index (κ3) is 6.74. The minimum Gasteiger partial charge on any atom is -0.463 e. The van der Waals surface area contributed by atoms with Crippen LogP contribution in [0.2, 0.25) is 0 Å². The Hall–Kier alpha value is -1.35. The standard InChI is InChI=1S/C8H8O2.C6H13N/c9-7-10-6-8-4-2-1-3-5-8;1-7-5-3-2-4-6-7/h1-5,7H,6H2;2-6H2,1H3. The first-order chi connectivity index (χ1) is 8.33. The molecule has 0 bridgehead atoms. The lowest BCUT2D eigenvalue weighted by atomic mass is 10.1.